The number of aliphatic carboxylic acids is 2. The number of methoxy groups -OCH3 is 2. The standard InChI is InChI=1S/2C17H14FNO4S/c1-9-11(6-16(20)21)12-5-15(23-2)13(18)7-14(12)19(9)17(22)10-3-4-24-8-10;1-9-10(7-16(20)21)11-6-14(23-2)12(18)8-13(11)19(9)17(22)15-4-3-5-24-15/h3-5,7-8H,6H2,1-2H3,(H,20,21);3-6,8H,7H2,1-2H3,(H,20,21). The van der Waals surface area contributed by atoms with Gasteiger partial charge in [-0.3, -0.25) is 28.3 Å². The molecule has 0 aliphatic carbocycles. The first kappa shape index (κ1) is 34.0. The third-order valence-corrected chi connectivity index (χ3v) is 9.32. The van der Waals surface area contributed by atoms with Crippen LogP contribution in [0.15, 0.2) is 58.6 Å². The molecule has 0 amide bonds. The number of benzene rings is 2. The van der Waals surface area contributed by atoms with Crippen molar-refractivity contribution in [3.05, 3.63) is 103 Å². The number of nitrogens with zero attached hydrogens (tertiary/aromatic N) is 2. The van der Waals surface area contributed by atoms with E-state index < -0.39 is 23.6 Å². The number of carboxylic acids is 2. The summed E-state index contributed by atoms with van der Waals surface area (Å²) in [6.07, 6.45) is -0.525. The monoisotopic (exact) mass is 694 g/mol. The van der Waals surface area contributed by atoms with Crippen molar-refractivity contribution in [3.63, 3.8) is 0 Å². The van der Waals surface area contributed by atoms with Gasteiger partial charge in [-0.15, -0.1) is 11.3 Å². The van der Waals surface area contributed by atoms with E-state index in [1.165, 1.54) is 70.3 Å². The summed E-state index contributed by atoms with van der Waals surface area (Å²) in [6, 6.07) is 10.4. The number of ether oxygens (including phenoxy) is 2. The summed E-state index contributed by atoms with van der Waals surface area (Å²) >= 11 is 2.65. The minimum atomic E-state index is -1.02. The zero-order valence-corrected chi connectivity index (χ0v) is 27.6. The molecule has 0 saturated carbocycles. The summed E-state index contributed by atoms with van der Waals surface area (Å²) < 4.78 is 41.0. The van der Waals surface area contributed by atoms with Gasteiger partial charge in [-0.25, -0.2) is 8.78 Å². The van der Waals surface area contributed by atoms with Crippen molar-refractivity contribution in [1.82, 2.24) is 9.13 Å². The van der Waals surface area contributed by atoms with Crippen molar-refractivity contribution in [3.8, 4) is 11.5 Å². The van der Waals surface area contributed by atoms with Gasteiger partial charge in [-0.2, -0.15) is 11.3 Å². The second kappa shape index (κ2) is 13.8. The van der Waals surface area contributed by atoms with Crippen molar-refractivity contribution in [2.45, 2.75) is 26.7 Å². The van der Waals surface area contributed by atoms with E-state index in [-0.39, 0.29) is 36.2 Å². The Morgan fingerprint density at radius 2 is 1.25 bits per heavy atom. The van der Waals surface area contributed by atoms with Crippen molar-refractivity contribution < 1.29 is 47.6 Å². The van der Waals surface area contributed by atoms with Crippen LogP contribution >= 0.6 is 22.7 Å². The molecule has 48 heavy (non-hydrogen) atoms. The summed E-state index contributed by atoms with van der Waals surface area (Å²) in [5, 5.41) is 24.6. The summed E-state index contributed by atoms with van der Waals surface area (Å²) in [6.45, 7) is 3.32. The molecule has 0 fully saturated rings. The van der Waals surface area contributed by atoms with Gasteiger partial charge in [0.15, 0.2) is 23.1 Å². The molecule has 0 radical (unpaired) electrons. The number of hydrogen-bond donors (Lipinski definition) is 2. The third kappa shape index (κ3) is 6.31. The Hall–Kier alpha value is -5.34. The molecule has 0 aliphatic heterocycles. The molecule has 0 atom stereocenters. The number of thiophene rings is 2. The number of carboxylic acid groups (broad SMARTS) is 2. The highest BCUT2D eigenvalue weighted by Gasteiger charge is 2.25. The van der Waals surface area contributed by atoms with E-state index in [9.17, 15) is 28.0 Å². The van der Waals surface area contributed by atoms with Gasteiger partial charge < -0.3 is 19.7 Å². The van der Waals surface area contributed by atoms with Crippen LogP contribution in [0.3, 0.4) is 0 Å². The lowest BCUT2D eigenvalue weighted by Gasteiger charge is -2.07. The smallest absolute Gasteiger partial charge is 0.307 e. The maximum Gasteiger partial charge on any atom is 0.307 e. The Morgan fingerprint density at radius 3 is 1.65 bits per heavy atom. The highest BCUT2D eigenvalue weighted by atomic mass is 32.1. The van der Waals surface area contributed by atoms with E-state index >= 15 is 0 Å². The van der Waals surface area contributed by atoms with E-state index in [1.807, 2.05) is 0 Å². The summed E-state index contributed by atoms with van der Waals surface area (Å²) in [7, 11) is 2.67. The fourth-order valence-corrected chi connectivity index (χ4v) is 6.85. The van der Waals surface area contributed by atoms with Crippen molar-refractivity contribution in [1.29, 1.82) is 0 Å². The number of halogens is 2. The van der Waals surface area contributed by atoms with Gasteiger partial charge in [-0.1, -0.05) is 6.07 Å². The minimum Gasteiger partial charge on any atom is -0.494 e. The fourth-order valence-electron chi connectivity index (χ4n) is 5.57. The van der Waals surface area contributed by atoms with Gasteiger partial charge in [0.2, 0.25) is 0 Å². The van der Waals surface area contributed by atoms with Crippen molar-refractivity contribution in [2.24, 2.45) is 0 Å². The zero-order valence-electron chi connectivity index (χ0n) is 26.0. The molecule has 4 aromatic heterocycles. The average Bonchev–Trinajstić information content (AvgIpc) is 3.85. The van der Waals surface area contributed by atoms with Gasteiger partial charge >= 0.3 is 11.9 Å². The third-order valence-electron chi connectivity index (χ3n) is 7.78. The second-order valence-corrected chi connectivity index (χ2v) is 12.3. The molecule has 0 unspecified atom stereocenters. The van der Waals surface area contributed by atoms with Crippen LogP contribution in [0.5, 0.6) is 11.5 Å². The molecule has 10 nitrogen and oxygen atoms in total. The highest BCUT2D eigenvalue weighted by molar-refractivity contribution is 7.12. The average molecular weight is 695 g/mol. The minimum absolute atomic E-state index is 0.00858. The van der Waals surface area contributed by atoms with E-state index in [1.54, 1.807) is 48.2 Å². The summed E-state index contributed by atoms with van der Waals surface area (Å²) in [5.41, 5.74) is 3.05. The Labute approximate surface area is 280 Å². The van der Waals surface area contributed by atoms with Crippen LogP contribution in [0.1, 0.15) is 42.5 Å². The van der Waals surface area contributed by atoms with Crippen LogP contribution < -0.4 is 9.47 Å². The Balaban J connectivity index is 0.000000188. The normalized spacial score (nSPS) is 11.0. The molecule has 2 aromatic carbocycles. The Kier molecular flexibility index (Phi) is 9.77. The first-order chi connectivity index (χ1) is 22.9. The Morgan fingerprint density at radius 1 is 0.750 bits per heavy atom. The lowest BCUT2D eigenvalue weighted by molar-refractivity contribution is -0.137. The topological polar surface area (TPSA) is 137 Å². The van der Waals surface area contributed by atoms with E-state index in [0.717, 1.165) is 0 Å². The summed E-state index contributed by atoms with van der Waals surface area (Å²) in [5.74, 6) is -3.88. The number of fused-ring (bicyclic) bond motifs is 2. The van der Waals surface area contributed by atoms with Gasteiger partial charge in [0.05, 0.1) is 48.5 Å². The summed E-state index contributed by atoms with van der Waals surface area (Å²) in [4.78, 5) is 48.4. The Bertz CT molecular complexity index is 2040. The van der Waals surface area contributed by atoms with E-state index in [0.29, 0.717) is 54.8 Å². The molecule has 2 N–H and O–H groups in total. The van der Waals surface area contributed by atoms with Crippen LogP contribution in [0.2, 0.25) is 0 Å². The zero-order chi connectivity index (χ0) is 34.9. The van der Waals surface area contributed by atoms with Crippen LogP contribution in [0, 0.1) is 25.5 Å². The molecule has 248 valence electrons. The first-order valence-corrected chi connectivity index (χ1v) is 16.0. The second-order valence-electron chi connectivity index (χ2n) is 10.5. The molecule has 6 aromatic rings. The predicted octanol–water partition coefficient (Wildman–Crippen LogP) is 6.95. The molecule has 0 bridgehead atoms. The van der Waals surface area contributed by atoms with Crippen molar-refractivity contribution >= 4 is 68.2 Å². The maximum absolute atomic E-state index is 14.1. The van der Waals surface area contributed by atoms with Crippen molar-refractivity contribution in [2.75, 3.05) is 14.2 Å². The van der Waals surface area contributed by atoms with Crippen LogP contribution in [0.25, 0.3) is 21.8 Å². The van der Waals surface area contributed by atoms with Gasteiger partial charge in [0.1, 0.15) is 0 Å². The molecular weight excluding hydrogens is 667 g/mol. The molecule has 14 heteroatoms. The SMILES string of the molecule is COc1cc2c(CC(=O)O)c(C)n(C(=O)c3cccs3)c2cc1F.COc1cc2c(CC(=O)O)c(C)n(C(=O)c3ccsc3)c2cc1F. The largest absolute Gasteiger partial charge is 0.494 e. The quantitative estimate of drug-likeness (QED) is 0.175. The first-order valence-electron chi connectivity index (χ1n) is 14.2. The number of carbonyl (C=O) groups is 4. The van der Waals surface area contributed by atoms with E-state index in [4.69, 9.17) is 19.7 Å². The highest BCUT2D eigenvalue weighted by Crippen LogP contribution is 2.34. The number of carbonyl (C=O) groups excluding carboxylic acids is 2. The van der Waals surface area contributed by atoms with Crippen LogP contribution in [-0.4, -0.2) is 57.3 Å². The number of rotatable bonds is 8. The molecule has 0 aliphatic rings. The molecule has 0 spiro atoms. The van der Waals surface area contributed by atoms with E-state index in [2.05, 4.69) is 0 Å². The predicted molar refractivity (Wildman–Crippen MR) is 177 cm³/mol. The lowest BCUT2D eigenvalue weighted by atomic mass is 10.1. The van der Waals surface area contributed by atoms with Crippen LogP contribution in [-0.2, 0) is 22.4 Å². The maximum atomic E-state index is 14.1. The van der Waals surface area contributed by atoms with Gasteiger partial charge in [-0.05, 0) is 60.0 Å². The number of hydrogen-bond acceptors (Lipinski definition) is 8. The molecule has 4 heterocycles. The van der Waals surface area contributed by atoms with Gasteiger partial charge in [0, 0.05) is 39.7 Å². The molecule has 0 saturated heterocycles. The van der Waals surface area contributed by atoms with Crippen LogP contribution in [0.4, 0.5) is 8.78 Å². The fraction of sp³-hybridized carbons (Fsp3) is 0.176. The number of aromatic nitrogens is 2. The molecular formula is C34H28F2N2O8S2. The lowest BCUT2D eigenvalue weighted by Crippen LogP contribution is -2.13. The molecule has 6 rings (SSSR count). The van der Waals surface area contributed by atoms with Gasteiger partial charge in [0.25, 0.3) is 11.8 Å².